The van der Waals surface area contributed by atoms with Gasteiger partial charge in [0.05, 0.1) is 12.8 Å². The first-order chi connectivity index (χ1) is 14.1. The van der Waals surface area contributed by atoms with E-state index in [0.717, 1.165) is 41.3 Å². The molecule has 1 amide bonds. The van der Waals surface area contributed by atoms with Crippen LogP contribution in [0.3, 0.4) is 0 Å². The smallest absolute Gasteiger partial charge is 0.262 e. The molecule has 1 N–H and O–H groups in total. The van der Waals surface area contributed by atoms with Gasteiger partial charge in [-0.25, -0.2) is 4.98 Å². The Morgan fingerprint density at radius 3 is 2.90 bits per heavy atom. The van der Waals surface area contributed by atoms with Gasteiger partial charge in [-0.15, -0.1) is 0 Å². The number of carbonyl (C=O) groups excluding carboxylic acids is 1. The number of ether oxygens (including phenoxy) is 2. The molecule has 6 heteroatoms. The van der Waals surface area contributed by atoms with Crippen molar-refractivity contribution >= 4 is 11.6 Å². The number of benzene rings is 2. The zero-order valence-corrected chi connectivity index (χ0v) is 16.8. The Kier molecular flexibility index (Phi) is 5.51. The number of imidazole rings is 1. The Bertz CT molecular complexity index is 1000. The monoisotopic (exact) mass is 391 g/mol. The average molecular weight is 391 g/mol. The summed E-state index contributed by atoms with van der Waals surface area (Å²) in [4.78, 5) is 17.1. The zero-order valence-electron chi connectivity index (χ0n) is 16.8. The summed E-state index contributed by atoms with van der Waals surface area (Å²) in [5.41, 5.74) is 3.72. The summed E-state index contributed by atoms with van der Waals surface area (Å²) in [7, 11) is 1.58. The van der Waals surface area contributed by atoms with Crippen LogP contribution in [0.4, 0.5) is 5.69 Å². The fourth-order valence-corrected chi connectivity index (χ4v) is 3.54. The maximum absolute atomic E-state index is 12.4. The number of carbonyl (C=O) groups is 1. The minimum atomic E-state index is -0.228. The molecule has 3 aromatic rings. The summed E-state index contributed by atoms with van der Waals surface area (Å²) in [6, 6.07) is 13.3. The highest BCUT2D eigenvalue weighted by molar-refractivity contribution is 5.92. The third-order valence-corrected chi connectivity index (χ3v) is 5.03. The second-order valence-corrected chi connectivity index (χ2v) is 7.26. The number of aryl methyl sites for hydroxylation is 3. The van der Waals surface area contributed by atoms with Crippen LogP contribution in [-0.2, 0) is 17.8 Å². The Morgan fingerprint density at radius 1 is 1.17 bits per heavy atom. The lowest BCUT2D eigenvalue weighted by Gasteiger charge is -2.12. The van der Waals surface area contributed by atoms with E-state index in [2.05, 4.69) is 16.1 Å². The predicted octanol–water partition coefficient (Wildman–Crippen LogP) is 4.22. The molecular formula is C23H25N3O3. The van der Waals surface area contributed by atoms with Crippen molar-refractivity contribution < 1.29 is 14.3 Å². The van der Waals surface area contributed by atoms with Gasteiger partial charge < -0.3 is 19.4 Å². The number of anilines is 1. The van der Waals surface area contributed by atoms with E-state index >= 15 is 0 Å². The summed E-state index contributed by atoms with van der Waals surface area (Å²) < 4.78 is 13.2. The van der Waals surface area contributed by atoms with Crippen LogP contribution < -0.4 is 14.8 Å². The highest BCUT2D eigenvalue weighted by Crippen LogP contribution is 2.28. The van der Waals surface area contributed by atoms with E-state index < -0.39 is 0 Å². The number of hydrogen-bond acceptors (Lipinski definition) is 4. The lowest BCUT2D eigenvalue weighted by molar-refractivity contribution is -0.118. The van der Waals surface area contributed by atoms with Gasteiger partial charge in [0.2, 0.25) is 0 Å². The van der Waals surface area contributed by atoms with E-state index in [1.54, 1.807) is 7.11 Å². The van der Waals surface area contributed by atoms with E-state index in [9.17, 15) is 4.79 Å². The molecule has 150 valence electrons. The largest absolute Gasteiger partial charge is 0.493 e. The molecule has 2 aromatic carbocycles. The Hall–Kier alpha value is -3.28. The molecule has 0 saturated heterocycles. The summed E-state index contributed by atoms with van der Waals surface area (Å²) in [5.74, 6) is 2.07. The lowest BCUT2D eigenvalue weighted by Crippen LogP contribution is -2.20. The van der Waals surface area contributed by atoms with Crippen molar-refractivity contribution in [3.8, 4) is 22.8 Å². The van der Waals surface area contributed by atoms with Gasteiger partial charge in [-0.05, 0) is 49.6 Å². The number of nitrogens with zero attached hydrogens (tertiary/aromatic N) is 2. The predicted molar refractivity (Wildman–Crippen MR) is 112 cm³/mol. The fraction of sp³-hybridized carbons (Fsp3) is 0.304. The maximum Gasteiger partial charge on any atom is 0.262 e. The SMILES string of the molecule is COc1cc(C)ccc1OCC(=O)Nc1cccc(-c2cn3c(n2)CCCC3)c1. The summed E-state index contributed by atoms with van der Waals surface area (Å²) in [6.45, 7) is 2.91. The number of methoxy groups -OCH3 is 1. The molecule has 0 radical (unpaired) electrons. The number of fused-ring (bicyclic) bond motifs is 1. The Balaban J connectivity index is 1.41. The third kappa shape index (κ3) is 4.42. The second kappa shape index (κ2) is 8.39. The van der Waals surface area contributed by atoms with Gasteiger partial charge in [0.1, 0.15) is 5.82 Å². The van der Waals surface area contributed by atoms with Crippen LogP contribution in [0.1, 0.15) is 24.2 Å². The van der Waals surface area contributed by atoms with Crippen molar-refractivity contribution in [1.29, 1.82) is 0 Å². The molecule has 29 heavy (non-hydrogen) atoms. The van der Waals surface area contributed by atoms with E-state index in [1.165, 1.54) is 12.8 Å². The van der Waals surface area contributed by atoms with Crippen LogP contribution in [0.25, 0.3) is 11.3 Å². The van der Waals surface area contributed by atoms with E-state index in [0.29, 0.717) is 11.5 Å². The molecule has 0 atom stereocenters. The van der Waals surface area contributed by atoms with Gasteiger partial charge in [-0.3, -0.25) is 4.79 Å². The minimum absolute atomic E-state index is 0.0948. The standard InChI is InChI=1S/C23H25N3O3/c1-16-9-10-20(21(12-16)28-2)29-15-23(27)24-18-7-5-6-17(13-18)19-14-26-11-4-3-8-22(26)25-19/h5-7,9-10,12-14H,3-4,8,11,15H2,1-2H3,(H,24,27). The highest BCUT2D eigenvalue weighted by Gasteiger charge is 2.14. The molecule has 1 aromatic heterocycles. The van der Waals surface area contributed by atoms with E-state index in [-0.39, 0.29) is 12.5 Å². The van der Waals surface area contributed by atoms with Gasteiger partial charge in [-0.2, -0.15) is 0 Å². The first kappa shape index (κ1) is 19.1. The minimum Gasteiger partial charge on any atom is -0.493 e. The summed E-state index contributed by atoms with van der Waals surface area (Å²) >= 11 is 0. The number of aromatic nitrogens is 2. The Morgan fingerprint density at radius 2 is 2.07 bits per heavy atom. The van der Waals surface area contributed by atoms with Gasteiger partial charge >= 0.3 is 0 Å². The molecule has 1 aliphatic heterocycles. The van der Waals surface area contributed by atoms with Crippen molar-refractivity contribution in [2.45, 2.75) is 32.7 Å². The molecule has 1 aliphatic rings. The quantitative estimate of drug-likeness (QED) is 0.683. The van der Waals surface area contributed by atoms with Gasteiger partial charge in [-0.1, -0.05) is 18.2 Å². The molecule has 0 saturated carbocycles. The number of amides is 1. The number of hydrogen-bond donors (Lipinski definition) is 1. The van der Waals surface area contributed by atoms with Crippen LogP contribution in [0, 0.1) is 6.92 Å². The molecule has 0 bridgehead atoms. The molecule has 0 aliphatic carbocycles. The van der Waals surface area contributed by atoms with Crippen LogP contribution in [0.2, 0.25) is 0 Å². The first-order valence-corrected chi connectivity index (χ1v) is 9.86. The van der Waals surface area contributed by atoms with Crippen LogP contribution in [0.15, 0.2) is 48.7 Å². The molecule has 4 rings (SSSR count). The van der Waals surface area contributed by atoms with Gasteiger partial charge in [0.15, 0.2) is 18.1 Å². The van der Waals surface area contributed by atoms with Crippen molar-refractivity contribution in [3.05, 3.63) is 60.0 Å². The normalized spacial score (nSPS) is 12.9. The fourth-order valence-electron chi connectivity index (χ4n) is 3.54. The first-order valence-electron chi connectivity index (χ1n) is 9.86. The third-order valence-electron chi connectivity index (χ3n) is 5.03. The van der Waals surface area contributed by atoms with Crippen LogP contribution in [-0.4, -0.2) is 29.2 Å². The van der Waals surface area contributed by atoms with Gasteiger partial charge in [0, 0.05) is 30.4 Å². The molecule has 0 unspecified atom stereocenters. The number of rotatable bonds is 6. The van der Waals surface area contributed by atoms with E-state index in [4.69, 9.17) is 14.5 Å². The summed E-state index contributed by atoms with van der Waals surface area (Å²) in [5, 5.41) is 2.89. The van der Waals surface area contributed by atoms with Crippen molar-refractivity contribution in [2.75, 3.05) is 19.0 Å². The highest BCUT2D eigenvalue weighted by atomic mass is 16.5. The second-order valence-electron chi connectivity index (χ2n) is 7.26. The molecule has 2 heterocycles. The average Bonchev–Trinajstić information content (AvgIpc) is 3.17. The summed E-state index contributed by atoms with van der Waals surface area (Å²) in [6.07, 6.45) is 5.52. The van der Waals surface area contributed by atoms with E-state index in [1.807, 2.05) is 49.4 Å². The topological polar surface area (TPSA) is 65.4 Å². The number of nitrogens with one attached hydrogen (secondary N) is 1. The van der Waals surface area contributed by atoms with Gasteiger partial charge in [0.25, 0.3) is 5.91 Å². The van der Waals surface area contributed by atoms with Crippen molar-refractivity contribution in [3.63, 3.8) is 0 Å². The molecular weight excluding hydrogens is 366 g/mol. The van der Waals surface area contributed by atoms with Crippen LogP contribution >= 0.6 is 0 Å². The lowest BCUT2D eigenvalue weighted by atomic mass is 10.1. The van der Waals surface area contributed by atoms with Crippen LogP contribution in [0.5, 0.6) is 11.5 Å². The molecule has 0 spiro atoms. The zero-order chi connectivity index (χ0) is 20.2. The maximum atomic E-state index is 12.4. The van der Waals surface area contributed by atoms with Crippen molar-refractivity contribution in [1.82, 2.24) is 9.55 Å². The molecule has 6 nitrogen and oxygen atoms in total. The Labute approximate surface area is 170 Å². The van der Waals surface area contributed by atoms with Crippen molar-refractivity contribution in [2.24, 2.45) is 0 Å². The molecule has 0 fully saturated rings.